The van der Waals surface area contributed by atoms with Gasteiger partial charge in [-0.3, -0.25) is 0 Å². The Balaban J connectivity index is 1.70. The molecule has 1 aliphatic carbocycles. The van der Waals surface area contributed by atoms with Crippen LogP contribution in [0.4, 0.5) is 0 Å². The number of aryl methyl sites for hydroxylation is 1. The summed E-state index contributed by atoms with van der Waals surface area (Å²) >= 11 is 0. The number of rotatable bonds is 4. The largest absolute Gasteiger partial charge is 0.320 e. The van der Waals surface area contributed by atoms with Gasteiger partial charge in [-0.1, -0.05) is 6.42 Å². The van der Waals surface area contributed by atoms with Crippen LogP contribution in [0, 0.1) is 5.92 Å². The molecule has 0 bridgehead atoms. The van der Waals surface area contributed by atoms with E-state index in [2.05, 4.69) is 15.5 Å². The van der Waals surface area contributed by atoms with Crippen molar-refractivity contribution in [3.05, 3.63) is 12.2 Å². The van der Waals surface area contributed by atoms with E-state index in [0.29, 0.717) is 0 Å². The highest BCUT2D eigenvalue weighted by molar-refractivity contribution is 4.83. The van der Waals surface area contributed by atoms with E-state index >= 15 is 0 Å². The van der Waals surface area contributed by atoms with Crippen LogP contribution < -0.4 is 5.32 Å². The summed E-state index contributed by atoms with van der Waals surface area (Å²) in [4.78, 5) is 0. The molecule has 1 heterocycles. The van der Waals surface area contributed by atoms with E-state index in [1.54, 1.807) is 6.33 Å². The second kappa shape index (κ2) is 3.87. The third-order valence-corrected chi connectivity index (χ3v) is 2.75. The van der Waals surface area contributed by atoms with Crippen molar-refractivity contribution < 1.29 is 0 Å². The van der Waals surface area contributed by atoms with E-state index in [1.807, 2.05) is 11.6 Å². The van der Waals surface area contributed by atoms with Gasteiger partial charge < -0.3 is 9.88 Å². The molecule has 13 heavy (non-hydrogen) atoms. The van der Waals surface area contributed by atoms with E-state index in [1.165, 1.54) is 19.3 Å². The van der Waals surface area contributed by atoms with E-state index < -0.39 is 0 Å². The van der Waals surface area contributed by atoms with E-state index in [-0.39, 0.29) is 0 Å². The number of hydrogen-bond acceptors (Lipinski definition) is 3. The zero-order chi connectivity index (χ0) is 9.10. The maximum absolute atomic E-state index is 4.01. The minimum Gasteiger partial charge on any atom is -0.320 e. The van der Waals surface area contributed by atoms with Gasteiger partial charge in [0.05, 0.1) is 6.54 Å². The predicted molar refractivity (Wildman–Crippen MR) is 50.1 cm³/mol. The molecule has 1 aliphatic rings. The van der Waals surface area contributed by atoms with Crippen molar-refractivity contribution in [2.45, 2.75) is 25.8 Å². The topological polar surface area (TPSA) is 42.7 Å². The van der Waals surface area contributed by atoms with Crippen LogP contribution in [0.2, 0.25) is 0 Å². The zero-order valence-corrected chi connectivity index (χ0v) is 8.03. The van der Waals surface area contributed by atoms with Crippen molar-refractivity contribution >= 4 is 0 Å². The number of nitrogens with zero attached hydrogens (tertiary/aromatic N) is 3. The average Bonchev–Trinajstić information content (AvgIpc) is 2.42. The van der Waals surface area contributed by atoms with Crippen molar-refractivity contribution in [3.8, 4) is 0 Å². The highest BCUT2D eigenvalue weighted by atomic mass is 15.3. The monoisotopic (exact) mass is 180 g/mol. The van der Waals surface area contributed by atoms with Crippen LogP contribution in [0.5, 0.6) is 0 Å². The Morgan fingerprint density at radius 2 is 2.46 bits per heavy atom. The lowest BCUT2D eigenvalue weighted by molar-refractivity contribution is 0.300. The molecule has 4 nitrogen and oxygen atoms in total. The molecule has 1 aromatic heterocycles. The Kier molecular flexibility index (Phi) is 2.59. The first-order valence-corrected chi connectivity index (χ1v) is 4.90. The molecule has 2 rings (SSSR count). The molecule has 0 unspecified atom stereocenters. The molecule has 0 amide bonds. The molecule has 4 heteroatoms. The summed E-state index contributed by atoms with van der Waals surface area (Å²) in [6, 6.07) is 0. The summed E-state index contributed by atoms with van der Waals surface area (Å²) in [7, 11) is 1.97. The van der Waals surface area contributed by atoms with Gasteiger partial charge in [-0.15, -0.1) is 10.2 Å². The van der Waals surface area contributed by atoms with Gasteiger partial charge in [-0.05, 0) is 25.3 Å². The Hall–Kier alpha value is -0.900. The lowest BCUT2D eigenvalue weighted by Gasteiger charge is -2.25. The summed E-state index contributed by atoms with van der Waals surface area (Å²) in [6.07, 6.45) is 5.94. The second-order valence-electron chi connectivity index (χ2n) is 3.79. The van der Waals surface area contributed by atoms with Gasteiger partial charge in [0.25, 0.3) is 0 Å². The molecule has 0 aliphatic heterocycles. The minimum absolute atomic E-state index is 0.840. The molecular formula is C9H16N4. The standard InChI is InChI=1S/C9H16N4/c1-13-7-11-12-9(13)6-10-5-8-3-2-4-8/h7-8,10H,2-6H2,1H3. The maximum atomic E-state index is 4.01. The molecule has 1 saturated carbocycles. The van der Waals surface area contributed by atoms with Crippen LogP contribution in [0.15, 0.2) is 6.33 Å². The first kappa shape index (κ1) is 8.69. The molecular weight excluding hydrogens is 164 g/mol. The normalized spacial score (nSPS) is 17.3. The van der Waals surface area contributed by atoms with Gasteiger partial charge in [0.2, 0.25) is 0 Å². The Morgan fingerprint density at radius 3 is 3.00 bits per heavy atom. The van der Waals surface area contributed by atoms with Crippen LogP contribution in [0.1, 0.15) is 25.1 Å². The highest BCUT2D eigenvalue weighted by Gasteiger charge is 2.16. The SMILES string of the molecule is Cn1cnnc1CNCC1CCC1. The van der Waals surface area contributed by atoms with E-state index in [4.69, 9.17) is 0 Å². The highest BCUT2D eigenvalue weighted by Crippen LogP contribution is 2.25. The van der Waals surface area contributed by atoms with Crippen molar-refractivity contribution in [3.63, 3.8) is 0 Å². The van der Waals surface area contributed by atoms with Gasteiger partial charge in [0.15, 0.2) is 0 Å². The number of nitrogens with one attached hydrogen (secondary N) is 1. The molecule has 1 fully saturated rings. The van der Waals surface area contributed by atoms with E-state index in [9.17, 15) is 0 Å². The molecule has 0 saturated heterocycles. The fourth-order valence-electron chi connectivity index (χ4n) is 1.55. The van der Waals surface area contributed by atoms with Crippen LogP contribution in [-0.2, 0) is 13.6 Å². The first-order valence-electron chi connectivity index (χ1n) is 4.90. The number of aromatic nitrogens is 3. The first-order chi connectivity index (χ1) is 6.36. The van der Waals surface area contributed by atoms with Crippen LogP contribution in [0.25, 0.3) is 0 Å². The zero-order valence-electron chi connectivity index (χ0n) is 8.03. The smallest absolute Gasteiger partial charge is 0.146 e. The fraction of sp³-hybridized carbons (Fsp3) is 0.778. The summed E-state index contributed by atoms with van der Waals surface area (Å²) in [5.41, 5.74) is 0. The summed E-state index contributed by atoms with van der Waals surface area (Å²) < 4.78 is 1.95. The van der Waals surface area contributed by atoms with Crippen molar-refractivity contribution in [1.82, 2.24) is 20.1 Å². The van der Waals surface area contributed by atoms with Gasteiger partial charge in [0.1, 0.15) is 12.2 Å². The average molecular weight is 180 g/mol. The van der Waals surface area contributed by atoms with Crippen molar-refractivity contribution in [1.29, 1.82) is 0 Å². The van der Waals surface area contributed by atoms with Gasteiger partial charge >= 0.3 is 0 Å². The summed E-state index contributed by atoms with van der Waals surface area (Å²) in [5, 5.41) is 11.2. The maximum Gasteiger partial charge on any atom is 0.146 e. The molecule has 0 radical (unpaired) electrons. The van der Waals surface area contributed by atoms with Crippen molar-refractivity contribution in [2.24, 2.45) is 13.0 Å². The van der Waals surface area contributed by atoms with Gasteiger partial charge in [-0.25, -0.2) is 0 Å². The lowest BCUT2D eigenvalue weighted by atomic mass is 9.85. The molecule has 1 N–H and O–H groups in total. The Morgan fingerprint density at radius 1 is 1.62 bits per heavy atom. The molecule has 0 spiro atoms. The Labute approximate surface area is 78.4 Å². The summed E-state index contributed by atoms with van der Waals surface area (Å²) in [6.45, 7) is 1.97. The molecule has 72 valence electrons. The van der Waals surface area contributed by atoms with Crippen LogP contribution in [0.3, 0.4) is 0 Å². The minimum atomic E-state index is 0.840. The summed E-state index contributed by atoms with van der Waals surface area (Å²) in [5.74, 6) is 1.92. The Bertz CT molecular complexity index is 264. The third-order valence-electron chi connectivity index (χ3n) is 2.75. The third kappa shape index (κ3) is 2.06. The molecule has 1 aromatic rings. The van der Waals surface area contributed by atoms with Crippen LogP contribution >= 0.6 is 0 Å². The second-order valence-corrected chi connectivity index (χ2v) is 3.79. The number of hydrogen-bond donors (Lipinski definition) is 1. The van der Waals surface area contributed by atoms with E-state index in [0.717, 1.165) is 24.8 Å². The lowest BCUT2D eigenvalue weighted by Crippen LogP contribution is -2.27. The van der Waals surface area contributed by atoms with Gasteiger partial charge in [-0.2, -0.15) is 0 Å². The predicted octanol–water partition coefficient (Wildman–Crippen LogP) is 0.705. The molecule has 0 atom stereocenters. The quantitative estimate of drug-likeness (QED) is 0.742. The van der Waals surface area contributed by atoms with Gasteiger partial charge in [0, 0.05) is 7.05 Å². The molecule has 0 aromatic carbocycles. The van der Waals surface area contributed by atoms with Crippen LogP contribution in [-0.4, -0.2) is 21.3 Å². The van der Waals surface area contributed by atoms with Crippen molar-refractivity contribution in [2.75, 3.05) is 6.54 Å². The fourth-order valence-corrected chi connectivity index (χ4v) is 1.55.